The van der Waals surface area contributed by atoms with Crippen molar-refractivity contribution in [2.24, 2.45) is 5.84 Å². The van der Waals surface area contributed by atoms with Crippen LogP contribution in [0, 0.1) is 0 Å². The molecule has 2 unspecified atom stereocenters. The maximum atomic E-state index is 5.71. The lowest BCUT2D eigenvalue weighted by Gasteiger charge is -2.19. The van der Waals surface area contributed by atoms with Crippen molar-refractivity contribution in [1.82, 2.24) is 5.43 Å². The molecule has 1 saturated heterocycles. The van der Waals surface area contributed by atoms with Gasteiger partial charge in [-0.15, -0.1) is 11.3 Å². The first-order valence-electron chi connectivity index (χ1n) is 6.89. The summed E-state index contributed by atoms with van der Waals surface area (Å²) in [7, 11) is 0. The summed E-state index contributed by atoms with van der Waals surface area (Å²) in [5.41, 5.74) is 4.35. The van der Waals surface area contributed by atoms with Crippen molar-refractivity contribution in [2.75, 3.05) is 6.61 Å². The fourth-order valence-corrected chi connectivity index (χ4v) is 3.79. The summed E-state index contributed by atoms with van der Waals surface area (Å²) in [6, 6.07) is 8.85. The lowest BCUT2D eigenvalue weighted by atomic mass is 9.99. The first-order chi connectivity index (χ1) is 9.36. The third-order valence-electron chi connectivity index (χ3n) is 3.83. The maximum Gasteiger partial charge on any atom is 0.0591 e. The molecule has 1 fully saturated rings. The summed E-state index contributed by atoms with van der Waals surface area (Å²) in [5, 5.41) is 3.62. The Morgan fingerprint density at radius 2 is 2.32 bits per heavy atom. The van der Waals surface area contributed by atoms with Gasteiger partial charge in [0.05, 0.1) is 6.10 Å². The van der Waals surface area contributed by atoms with Crippen molar-refractivity contribution in [3.05, 3.63) is 35.2 Å². The molecular weight excluding hydrogens is 256 g/mol. The number of nitrogens with one attached hydrogen (secondary N) is 1. The van der Waals surface area contributed by atoms with E-state index < -0.39 is 0 Å². The number of nitrogens with two attached hydrogens (primary N) is 1. The molecule has 19 heavy (non-hydrogen) atoms. The van der Waals surface area contributed by atoms with Crippen molar-refractivity contribution in [3.8, 4) is 0 Å². The van der Waals surface area contributed by atoms with Crippen LogP contribution in [0.3, 0.4) is 0 Å². The van der Waals surface area contributed by atoms with Crippen LogP contribution < -0.4 is 11.3 Å². The molecule has 3 nitrogen and oxygen atoms in total. The summed E-state index contributed by atoms with van der Waals surface area (Å²) in [5.74, 6) is 5.71. The Kier molecular flexibility index (Phi) is 4.13. The molecule has 2 atom stereocenters. The van der Waals surface area contributed by atoms with Gasteiger partial charge in [-0.1, -0.05) is 18.2 Å². The predicted octanol–water partition coefficient (Wildman–Crippen LogP) is 2.84. The summed E-state index contributed by atoms with van der Waals surface area (Å²) < 4.78 is 7.05. The maximum absolute atomic E-state index is 5.71. The SMILES string of the molecule is NNC(Cc1csc2ccccc12)CC1CCCO1. The van der Waals surface area contributed by atoms with E-state index in [0.29, 0.717) is 12.1 Å². The number of ether oxygens (including phenoxy) is 1. The Bertz CT molecular complexity index is 534. The standard InChI is InChI=1S/C15H20N2OS/c16-17-12(9-13-4-3-7-18-13)8-11-10-19-15-6-2-1-5-14(11)15/h1-2,5-6,10,12-13,17H,3-4,7-9,16H2. The molecule has 0 radical (unpaired) electrons. The minimum atomic E-state index is 0.293. The molecule has 4 heteroatoms. The average molecular weight is 276 g/mol. The van der Waals surface area contributed by atoms with Crippen LogP contribution in [0.1, 0.15) is 24.8 Å². The van der Waals surface area contributed by atoms with Gasteiger partial charge in [0.2, 0.25) is 0 Å². The fraction of sp³-hybridized carbons (Fsp3) is 0.467. The predicted molar refractivity (Wildman–Crippen MR) is 80.2 cm³/mol. The van der Waals surface area contributed by atoms with Crippen molar-refractivity contribution < 1.29 is 4.74 Å². The number of benzene rings is 1. The van der Waals surface area contributed by atoms with Crippen LogP contribution in [0.15, 0.2) is 29.6 Å². The number of thiophene rings is 1. The van der Waals surface area contributed by atoms with E-state index in [2.05, 4.69) is 35.1 Å². The van der Waals surface area contributed by atoms with E-state index in [-0.39, 0.29) is 0 Å². The Morgan fingerprint density at radius 1 is 1.42 bits per heavy atom. The Balaban J connectivity index is 1.71. The molecule has 1 aromatic heterocycles. The van der Waals surface area contributed by atoms with Crippen molar-refractivity contribution in [1.29, 1.82) is 0 Å². The Labute approximate surface area is 117 Å². The Hall–Kier alpha value is -0.940. The molecule has 1 aliphatic heterocycles. The third-order valence-corrected chi connectivity index (χ3v) is 4.85. The van der Waals surface area contributed by atoms with Crippen molar-refractivity contribution >= 4 is 21.4 Å². The first-order valence-corrected chi connectivity index (χ1v) is 7.77. The lowest BCUT2D eigenvalue weighted by molar-refractivity contribution is 0.0946. The largest absolute Gasteiger partial charge is 0.378 e. The second-order valence-corrected chi connectivity index (χ2v) is 6.11. The lowest BCUT2D eigenvalue weighted by Crippen LogP contribution is -2.39. The van der Waals surface area contributed by atoms with Gasteiger partial charge in [0.1, 0.15) is 0 Å². The number of hydrazine groups is 1. The molecule has 3 rings (SSSR count). The van der Waals surface area contributed by atoms with E-state index in [9.17, 15) is 0 Å². The van der Waals surface area contributed by atoms with Gasteiger partial charge in [0, 0.05) is 17.3 Å². The monoisotopic (exact) mass is 276 g/mol. The molecule has 0 aliphatic carbocycles. The highest BCUT2D eigenvalue weighted by molar-refractivity contribution is 7.17. The van der Waals surface area contributed by atoms with E-state index in [0.717, 1.165) is 19.4 Å². The number of hydrogen-bond donors (Lipinski definition) is 2. The molecule has 0 saturated carbocycles. The highest BCUT2D eigenvalue weighted by atomic mass is 32.1. The van der Waals surface area contributed by atoms with Crippen molar-refractivity contribution in [2.45, 2.75) is 37.8 Å². The quantitative estimate of drug-likeness (QED) is 0.652. The summed E-state index contributed by atoms with van der Waals surface area (Å²) in [6.07, 6.45) is 4.71. The number of hydrogen-bond acceptors (Lipinski definition) is 4. The van der Waals surface area contributed by atoms with Crippen LogP contribution in [0.25, 0.3) is 10.1 Å². The van der Waals surface area contributed by atoms with Crippen LogP contribution in [-0.2, 0) is 11.2 Å². The highest BCUT2D eigenvalue weighted by Gasteiger charge is 2.21. The van der Waals surface area contributed by atoms with Gasteiger partial charge in [0.15, 0.2) is 0 Å². The molecule has 2 heterocycles. The van der Waals surface area contributed by atoms with Crippen LogP contribution >= 0.6 is 11.3 Å². The number of rotatable bonds is 5. The van der Waals surface area contributed by atoms with Crippen LogP contribution in [0.2, 0.25) is 0 Å². The molecule has 2 aromatic rings. The van der Waals surface area contributed by atoms with Gasteiger partial charge in [-0.2, -0.15) is 0 Å². The fourth-order valence-electron chi connectivity index (χ4n) is 2.81. The zero-order chi connectivity index (χ0) is 13.1. The molecule has 0 spiro atoms. The molecule has 1 aliphatic rings. The van der Waals surface area contributed by atoms with E-state index in [1.807, 2.05) is 11.3 Å². The molecule has 102 valence electrons. The molecular formula is C15H20N2OS. The van der Waals surface area contributed by atoms with Gasteiger partial charge in [0.25, 0.3) is 0 Å². The van der Waals surface area contributed by atoms with Gasteiger partial charge < -0.3 is 4.74 Å². The average Bonchev–Trinajstić information content (AvgIpc) is 3.08. The summed E-state index contributed by atoms with van der Waals surface area (Å²) in [6.45, 7) is 0.906. The van der Waals surface area contributed by atoms with Crippen LogP contribution in [0.4, 0.5) is 0 Å². The van der Waals surface area contributed by atoms with Gasteiger partial charge in [-0.3, -0.25) is 11.3 Å². The molecule has 0 bridgehead atoms. The topological polar surface area (TPSA) is 47.3 Å². The zero-order valence-corrected chi connectivity index (χ0v) is 11.8. The first kappa shape index (κ1) is 13.1. The zero-order valence-electron chi connectivity index (χ0n) is 11.0. The third kappa shape index (κ3) is 2.98. The van der Waals surface area contributed by atoms with E-state index in [1.54, 1.807) is 0 Å². The molecule has 3 N–H and O–H groups in total. The smallest absolute Gasteiger partial charge is 0.0591 e. The number of fused-ring (bicyclic) bond motifs is 1. The minimum Gasteiger partial charge on any atom is -0.378 e. The van der Waals surface area contributed by atoms with Gasteiger partial charge in [-0.05, 0) is 48.1 Å². The minimum absolute atomic E-state index is 0.293. The highest BCUT2D eigenvalue weighted by Crippen LogP contribution is 2.27. The van der Waals surface area contributed by atoms with Gasteiger partial charge in [-0.25, -0.2) is 0 Å². The second kappa shape index (κ2) is 6.01. The molecule has 1 aromatic carbocycles. The molecule has 0 amide bonds. The summed E-state index contributed by atoms with van der Waals surface area (Å²) in [4.78, 5) is 0. The van der Waals surface area contributed by atoms with Crippen LogP contribution in [-0.4, -0.2) is 18.8 Å². The van der Waals surface area contributed by atoms with E-state index in [4.69, 9.17) is 10.6 Å². The van der Waals surface area contributed by atoms with E-state index in [1.165, 1.54) is 28.5 Å². The van der Waals surface area contributed by atoms with Gasteiger partial charge >= 0.3 is 0 Å². The van der Waals surface area contributed by atoms with Crippen LogP contribution in [0.5, 0.6) is 0 Å². The summed E-state index contributed by atoms with van der Waals surface area (Å²) >= 11 is 1.81. The Morgan fingerprint density at radius 3 is 3.11 bits per heavy atom. The van der Waals surface area contributed by atoms with Crippen molar-refractivity contribution in [3.63, 3.8) is 0 Å². The van der Waals surface area contributed by atoms with E-state index >= 15 is 0 Å². The normalized spacial score (nSPS) is 21.0. The second-order valence-electron chi connectivity index (χ2n) is 5.20.